The first kappa shape index (κ1) is 11.6. The first-order valence-electron chi connectivity index (χ1n) is 4.57. The smallest absolute Gasteiger partial charge is 0.254 e. The van der Waals surface area contributed by atoms with Gasteiger partial charge in [-0.2, -0.15) is 5.10 Å². The van der Waals surface area contributed by atoms with Crippen molar-refractivity contribution in [2.45, 2.75) is 13.3 Å². The Morgan fingerprint density at radius 2 is 2.40 bits per heavy atom. The predicted molar refractivity (Wildman–Crippen MR) is 61.7 cm³/mol. The number of nitrogens with one attached hydrogen (secondary N) is 1. The molecule has 0 fully saturated rings. The van der Waals surface area contributed by atoms with Crippen molar-refractivity contribution >= 4 is 23.1 Å². The highest BCUT2D eigenvalue weighted by atomic mass is 32.1. The maximum Gasteiger partial charge on any atom is 0.254 e. The largest absolute Gasteiger partial charge is 0.393 e. The van der Waals surface area contributed by atoms with Crippen LogP contribution in [0.4, 0.5) is 0 Å². The van der Waals surface area contributed by atoms with E-state index < -0.39 is 0 Å². The van der Waals surface area contributed by atoms with E-state index in [0.29, 0.717) is 29.2 Å². The van der Waals surface area contributed by atoms with Gasteiger partial charge in [-0.25, -0.2) is 0 Å². The summed E-state index contributed by atoms with van der Waals surface area (Å²) in [5, 5.41) is 6.81. The molecule has 15 heavy (non-hydrogen) atoms. The van der Waals surface area contributed by atoms with Crippen LogP contribution in [0.15, 0.2) is 6.20 Å². The van der Waals surface area contributed by atoms with E-state index in [-0.39, 0.29) is 5.91 Å². The summed E-state index contributed by atoms with van der Waals surface area (Å²) in [5.41, 5.74) is 6.61. The average molecular weight is 226 g/mol. The predicted octanol–water partition coefficient (Wildman–Crippen LogP) is 0.135. The van der Waals surface area contributed by atoms with Crippen LogP contribution in [0.5, 0.6) is 0 Å². The molecule has 0 aliphatic carbocycles. The summed E-state index contributed by atoms with van der Waals surface area (Å²) < 4.78 is 1.61. The summed E-state index contributed by atoms with van der Waals surface area (Å²) in [5.74, 6) is -0.142. The summed E-state index contributed by atoms with van der Waals surface area (Å²) in [4.78, 5) is 12.0. The van der Waals surface area contributed by atoms with Crippen LogP contribution < -0.4 is 11.1 Å². The number of amides is 1. The molecule has 0 unspecified atom stereocenters. The molecule has 0 saturated heterocycles. The van der Waals surface area contributed by atoms with Gasteiger partial charge in [-0.05, 0) is 6.92 Å². The third-order valence-electron chi connectivity index (χ3n) is 1.92. The van der Waals surface area contributed by atoms with Gasteiger partial charge in [0.15, 0.2) is 0 Å². The highest BCUT2D eigenvalue weighted by Crippen LogP contribution is 2.03. The minimum absolute atomic E-state index is 0.142. The minimum atomic E-state index is -0.142. The van der Waals surface area contributed by atoms with E-state index >= 15 is 0 Å². The van der Waals surface area contributed by atoms with Crippen molar-refractivity contribution in [3.05, 3.63) is 17.5 Å². The Bertz CT molecular complexity index is 385. The van der Waals surface area contributed by atoms with Crippen molar-refractivity contribution in [2.24, 2.45) is 12.8 Å². The SMILES string of the molecule is Cc1nn(C)cc1C(=O)NCCC(N)=S. The van der Waals surface area contributed by atoms with Gasteiger partial charge in [0.05, 0.1) is 16.2 Å². The van der Waals surface area contributed by atoms with Gasteiger partial charge < -0.3 is 11.1 Å². The summed E-state index contributed by atoms with van der Waals surface area (Å²) in [6, 6.07) is 0. The molecule has 1 aromatic rings. The zero-order valence-electron chi connectivity index (χ0n) is 8.78. The third-order valence-corrected chi connectivity index (χ3v) is 2.12. The highest BCUT2D eigenvalue weighted by Gasteiger charge is 2.11. The molecule has 0 aromatic carbocycles. The minimum Gasteiger partial charge on any atom is -0.393 e. The average Bonchev–Trinajstić information content (AvgIpc) is 2.44. The Hall–Kier alpha value is -1.43. The molecule has 82 valence electrons. The van der Waals surface area contributed by atoms with Crippen LogP contribution in [0.1, 0.15) is 22.5 Å². The Morgan fingerprint density at radius 1 is 1.73 bits per heavy atom. The van der Waals surface area contributed by atoms with Gasteiger partial charge in [-0.3, -0.25) is 9.48 Å². The van der Waals surface area contributed by atoms with Gasteiger partial charge in [-0.1, -0.05) is 12.2 Å². The Labute approximate surface area is 93.6 Å². The second-order valence-electron chi connectivity index (χ2n) is 3.27. The lowest BCUT2D eigenvalue weighted by atomic mass is 10.2. The lowest BCUT2D eigenvalue weighted by molar-refractivity contribution is 0.0954. The molecular weight excluding hydrogens is 212 g/mol. The molecule has 5 nitrogen and oxygen atoms in total. The normalized spacial score (nSPS) is 10.0. The molecule has 1 amide bonds. The van der Waals surface area contributed by atoms with E-state index in [0.717, 1.165) is 0 Å². The number of hydrogen-bond acceptors (Lipinski definition) is 3. The molecule has 0 bridgehead atoms. The lowest BCUT2D eigenvalue weighted by Crippen LogP contribution is -2.27. The van der Waals surface area contributed by atoms with E-state index in [2.05, 4.69) is 10.4 Å². The monoisotopic (exact) mass is 226 g/mol. The van der Waals surface area contributed by atoms with Crippen molar-refractivity contribution in [1.29, 1.82) is 0 Å². The third kappa shape index (κ3) is 3.32. The van der Waals surface area contributed by atoms with Crippen LogP contribution in [0.3, 0.4) is 0 Å². The summed E-state index contributed by atoms with van der Waals surface area (Å²) in [6.07, 6.45) is 2.20. The fourth-order valence-corrected chi connectivity index (χ4v) is 1.32. The van der Waals surface area contributed by atoms with Crippen molar-refractivity contribution in [3.8, 4) is 0 Å². The maximum absolute atomic E-state index is 11.6. The molecule has 1 heterocycles. The topological polar surface area (TPSA) is 72.9 Å². The Morgan fingerprint density at radius 3 is 2.87 bits per heavy atom. The molecule has 1 rings (SSSR count). The van der Waals surface area contributed by atoms with Crippen molar-refractivity contribution in [2.75, 3.05) is 6.54 Å². The molecule has 0 spiro atoms. The molecule has 0 aliphatic rings. The molecule has 0 radical (unpaired) electrons. The Kier molecular flexibility index (Phi) is 3.79. The van der Waals surface area contributed by atoms with E-state index in [1.54, 1.807) is 24.9 Å². The summed E-state index contributed by atoms with van der Waals surface area (Å²) >= 11 is 4.70. The quantitative estimate of drug-likeness (QED) is 0.716. The van der Waals surface area contributed by atoms with Crippen LogP contribution in [-0.2, 0) is 7.05 Å². The highest BCUT2D eigenvalue weighted by molar-refractivity contribution is 7.80. The molecule has 0 aliphatic heterocycles. The van der Waals surface area contributed by atoms with Crippen LogP contribution in [-0.4, -0.2) is 27.2 Å². The molecular formula is C9H14N4OS. The van der Waals surface area contributed by atoms with Gasteiger partial charge >= 0.3 is 0 Å². The zero-order chi connectivity index (χ0) is 11.4. The number of aromatic nitrogens is 2. The van der Waals surface area contributed by atoms with Gasteiger partial charge in [0, 0.05) is 26.2 Å². The van der Waals surface area contributed by atoms with Crippen LogP contribution in [0.2, 0.25) is 0 Å². The van der Waals surface area contributed by atoms with E-state index in [9.17, 15) is 4.79 Å². The summed E-state index contributed by atoms with van der Waals surface area (Å²) in [6.45, 7) is 2.25. The van der Waals surface area contributed by atoms with Crippen molar-refractivity contribution < 1.29 is 4.79 Å². The van der Waals surface area contributed by atoms with Crippen LogP contribution in [0, 0.1) is 6.92 Å². The van der Waals surface area contributed by atoms with Crippen molar-refractivity contribution in [3.63, 3.8) is 0 Å². The fourth-order valence-electron chi connectivity index (χ4n) is 1.22. The number of hydrogen-bond donors (Lipinski definition) is 2. The molecule has 0 atom stereocenters. The number of carbonyl (C=O) groups is 1. The van der Waals surface area contributed by atoms with E-state index in [4.69, 9.17) is 18.0 Å². The second-order valence-corrected chi connectivity index (χ2v) is 3.80. The van der Waals surface area contributed by atoms with Crippen LogP contribution >= 0.6 is 12.2 Å². The standard InChI is InChI=1S/C9H14N4OS/c1-6-7(5-13(2)12-6)9(14)11-4-3-8(10)15/h5H,3-4H2,1-2H3,(H2,10,15)(H,11,14). The summed E-state index contributed by atoms with van der Waals surface area (Å²) in [7, 11) is 1.78. The second kappa shape index (κ2) is 4.88. The first-order chi connectivity index (χ1) is 7.00. The number of carbonyl (C=O) groups excluding carboxylic acids is 1. The molecule has 0 saturated carbocycles. The first-order valence-corrected chi connectivity index (χ1v) is 4.98. The van der Waals surface area contributed by atoms with Gasteiger partial charge in [0.1, 0.15) is 0 Å². The lowest BCUT2D eigenvalue weighted by Gasteiger charge is -2.02. The van der Waals surface area contributed by atoms with Gasteiger partial charge in [0.25, 0.3) is 5.91 Å². The zero-order valence-corrected chi connectivity index (χ0v) is 9.60. The number of nitrogens with two attached hydrogens (primary N) is 1. The number of aryl methyl sites for hydroxylation is 2. The molecule has 1 aromatic heterocycles. The van der Waals surface area contributed by atoms with Gasteiger partial charge in [0.2, 0.25) is 0 Å². The van der Waals surface area contributed by atoms with Crippen LogP contribution in [0.25, 0.3) is 0 Å². The molecule has 3 N–H and O–H groups in total. The molecule has 6 heteroatoms. The number of rotatable bonds is 4. The Balaban J connectivity index is 2.54. The number of thiocarbonyl (C=S) groups is 1. The fraction of sp³-hybridized carbons (Fsp3) is 0.444. The van der Waals surface area contributed by atoms with Crippen molar-refractivity contribution in [1.82, 2.24) is 15.1 Å². The number of nitrogens with zero attached hydrogens (tertiary/aromatic N) is 2. The maximum atomic E-state index is 11.6. The van der Waals surface area contributed by atoms with Gasteiger partial charge in [-0.15, -0.1) is 0 Å². The van der Waals surface area contributed by atoms with E-state index in [1.165, 1.54) is 0 Å². The van der Waals surface area contributed by atoms with E-state index in [1.807, 2.05) is 0 Å².